The first kappa shape index (κ1) is 26.5. The van der Waals surface area contributed by atoms with E-state index in [4.69, 9.17) is 9.47 Å². The number of carbonyl (C=O) groups is 1. The maximum Gasteiger partial charge on any atom is 0.338 e. The molecule has 7 nitrogen and oxygen atoms in total. The minimum Gasteiger partial charge on any atom is -0.495 e. The second kappa shape index (κ2) is 10.7. The van der Waals surface area contributed by atoms with Gasteiger partial charge in [0.15, 0.2) is 4.80 Å². The van der Waals surface area contributed by atoms with E-state index in [0.29, 0.717) is 26.3 Å². The van der Waals surface area contributed by atoms with Crippen LogP contribution in [0.25, 0.3) is 28.2 Å². The number of hydrogen-bond acceptors (Lipinski definition) is 6. The number of thiazole rings is 1. The Bertz CT molecular complexity index is 2000. The van der Waals surface area contributed by atoms with Crippen molar-refractivity contribution in [1.29, 1.82) is 0 Å². The van der Waals surface area contributed by atoms with Gasteiger partial charge in [0.05, 0.1) is 46.8 Å². The number of methoxy groups -OCH3 is 1. The molecule has 1 atom stereocenters. The number of hydrogen-bond donors (Lipinski definition) is 1. The summed E-state index contributed by atoms with van der Waals surface area (Å²) in [7, 11) is 1.62. The predicted molar refractivity (Wildman–Crippen MR) is 157 cm³/mol. The maximum atomic E-state index is 14.1. The van der Waals surface area contributed by atoms with Gasteiger partial charge in [-0.05, 0) is 49.2 Å². The van der Waals surface area contributed by atoms with E-state index in [9.17, 15) is 14.0 Å². The number of aromatic amines is 1. The Morgan fingerprint density at radius 3 is 2.56 bits per heavy atom. The van der Waals surface area contributed by atoms with E-state index in [2.05, 4.69) is 9.98 Å². The standard InChI is InChI=1S/C32H26FN3O4S/c1-4-40-31(38)26-18(2)34-32-36(29(26)20-13-15-21(33)16-14-20)30(37)25(41-32)17-23-22-11-8-12-24(39-3)28(22)35-27(23)19-9-6-5-7-10-19/h5-17,29,35H,4H2,1-3H3/b25-17-/t29-/m1/s1. The maximum absolute atomic E-state index is 14.1. The molecule has 6 rings (SSSR count). The van der Waals surface area contributed by atoms with E-state index in [1.165, 1.54) is 28.0 Å². The fourth-order valence-electron chi connectivity index (χ4n) is 5.25. The molecule has 0 unspecified atom stereocenters. The first-order valence-corrected chi connectivity index (χ1v) is 13.9. The summed E-state index contributed by atoms with van der Waals surface area (Å²) < 4.78 is 26.7. The van der Waals surface area contributed by atoms with E-state index in [1.54, 1.807) is 33.1 Å². The largest absolute Gasteiger partial charge is 0.495 e. The number of nitrogens with zero attached hydrogens (tertiary/aromatic N) is 2. The molecule has 9 heteroatoms. The van der Waals surface area contributed by atoms with Gasteiger partial charge in [-0.3, -0.25) is 9.36 Å². The molecular weight excluding hydrogens is 541 g/mol. The van der Waals surface area contributed by atoms with Crippen molar-refractivity contribution >= 4 is 34.3 Å². The second-order valence-corrected chi connectivity index (χ2v) is 10.5. The Kier molecular flexibility index (Phi) is 6.88. The molecule has 206 valence electrons. The molecular formula is C32H26FN3O4S. The van der Waals surface area contributed by atoms with Gasteiger partial charge < -0.3 is 14.5 Å². The van der Waals surface area contributed by atoms with E-state index in [1.807, 2.05) is 54.6 Å². The number of carbonyl (C=O) groups excluding carboxylic acids is 1. The smallest absolute Gasteiger partial charge is 0.338 e. The number of rotatable bonds is 6. The van der Waals surface area contributed by atoms with Crippen molar-refractivity contribution < 1.29 is 18.7 Å². The lowest BCUT2D eigenvalue weighted by Crippen LogP contribution is -2.39. The SMILES string of the molecule is CCOC(=O)C1=C(C)N=c2s/c(=C\c3c(-c4ccccc4)[nH]c4c(OC)cccc34)c(=O)n2[C@@H]1c1ccc(F)cc1. The van der Waals surface area contributed by atoms with Crippen LogP contribution in [0, 0.1) is 5.82 Å². The summed E-state index contributed by atoms with van der Waals surface area (Å²) >= 11 is 1.24. The molecule has 1 aliphatic rings. The number of aromatic nitrogens is 2. The normalized spacial score (nSPS) is 15.1. The predicted octanol–water partition coefficient (Wildman–Crippen LogP) is 5.09. The van der Waals surface area contributed by atoms with Crippen LogP contribution in [0.4, 0.5) is 4.39 Å². The second-order valence-electron chi connectivity index (χ2n) is 9.52. The molecule has 0 aliphatic carbocycles. The van der Waals surface area contributed by atoms with Crippen molar-refractivity contribution in [3.05, 3.63) is 121 Å². The zero-order valence-corrected chi connectivity index (χ0v) is 23.4. The van der Waals surface area contributed by atoms with Crippen molar-refractivity contribution in [2.75, 3.05) is 13.7 Å². The van der Waals surface area contributed by atoms with Crippen molar-refractivity contribution in [3.63, 3.8) is 0 Å². The molecule has 3 heterocycles. The number of benzene rings is 3. The molecule has 0 radical (unpaired) electrons. The van der Waals surface area contributed by atoms with Crippen molar-refractivity contribution in [3.8, 4) is 17.0 Å². The summed E-state index contributed by atoms with van der Waals surface area (Å²) in [6.45, 7) is 3.61. The Morgan fingerprint density at radius 2 is 1.85 bits per heavy atom. The van der Waals surface area contributed by atoms with Gasteiger partial charge in [0.1, 0.15) is 11.6 Å². The fraction of sp³-hybridized carbons (Fsp3) is 0.156. The molecule has 0 saturated carbocycles. The van der Waals surface area contributed by atoms with Gasteiger partial charge in [0.25, 0.3) is 5.56 Å². The molecule has 2 aromatic heterocycles. The molecule has 0 saturated heterocycles. The van der Waals surface area contributed by atoms with Gasteiger partial charge in [0.2, 0.25) is 0 Å². The minimum absolute atomic E-state index is 0.169. The van der Waals surface area contributed by atoms with Crippen LogP contribution in [0.1, 0.15) is 31.0 Å². The number of fused-ring (bicyclic) bond motifs is 2. The highest BCUT2D eigenvalue weighted by Gasteiger charge is 2.33. The number of H-pyrrole nitrogens is 1. The number of halogens is 1. The van der Waals surface area contributed by atoms with E-state index in [0.717, 1.165) is 27.7 Å². The quantitative estimate of drug-likeness (QED) is 0.290. The monoisotopic (exact) mass is 567 g/mol. The van der Waals surface area contributed by atoms with Gasteiger partial charge >= 0.3 is 5.97 Å². The third-order valence-electron chi connectivity index (χ3n) is 7.10. The summed E-state index contributed by atoms with van der Waals surface area (Å²) in [5, 5.41) is 0.896. The highest BCUT2D eigenvalue weighted by Crippen LogP contribution is 2.35. The average molecular weight is 568 g/mol. The Balaban J connectivity index is 1.62. The zero-order valence-electron chi connectivity index (χ0n) is 22.6. The van der Waals surface area contributed by atoms with Crippen LogP contribution in [-0.4, -0.2) is 29.2 Å². The third kappa shape index (κ3) is 4.58. The number of para-hydroxylation sites is 1. The van der Waals surface area contributed by atoms with Crippen molar-refractivity contribution in [2.45, 2.75) is 19.9 Å². The summed E-state index contributed by atoms with van der Waals surface area (Å²) in [4.78, 5) is 35.8. The van der Waals surface area contributed by atoms with Crippen LogP contribution in [-0.2, 0) is 9.53 Å². The van der Waals surface area contributed by atoms with Crippen LogP contribution in [0.3, 0.4) is 0 Å². The third-order valence-corrected chi connectivity index (χ3v) is 8.08. The van der Waals surface area contributed by atoms with Crippen molar-refractivity contribution in [1.82, 2.24) is 9.55 Å². The first-order valence-electron chi connectivity index (χ1n) is 13.1. The summed E-state index contributed by atoms with van der Waals surface area (Å²) in [5.74, 6) is -0.290. The van der Waals surface area contributed by atoms with E-state index < -0.39 is 17.8 Å². The fourth-order valence-corrected chi connectivity index (χ4v) is 6.28. The van der Waals surface area contributed by atoms with Crippen LogP contribution < -0.4 is 19.6 Å². The first-order chi connectivity index (χ1) is 19.9. The van der Waals surface area contributed by atoms with Crippen LogP contribution >= 0.6 is 11.3 Å². The van der Waals surface area contributed by atoms with Crippen molar-refractivity contribution in [2.24, 2.45) is 4.99 Å². The molecule has 0 spiro atoms. The van der Waals surface area contributed by atoms with Gasteiger partial charge in [0, 0.05) is 10.9 Å². The molecule has 5 aromatic rings. The topological polar surface area (TPSA) is 85.7 Å². The lowest BCUT2D eigenvalue weighted by molar-refractivity contribution is -0.139. The molecule has 0 bridgehead atoms. The van der Waals surface area contributed by atoms with E-state index in [-0.39, 0.29) is 17.7 Å². The Hall–Kier alpha value is -4.76. The lowest BCUT2D eigenvalue weighted by atomic mass is 9.96. The average Bonchev–Trinajstić information content (AvgIpc) is 3.50. The number of ether oxygens (including phenoxy) is 2. The molecule has 41 heavy (non-hydrogen) atoms. The number of nitrogens with one attached hydrogen (secondary N) is 1. The van der Waals surface area contributed by atoms with Gasteiger partial charge in [-0.2, -0.15) is 0 Å². The van der Waals surface area contributed by atoms with Crippen LogP contribution in [0.15, 0.2) is 93.9 Å². The summed E-state index contributed by atoms with van der Waals surface area (Å²) in [6.07, 6.45) is 1.86. The molecule has 0 fully saturated rings. The molecule has 0 amide bonds. The van der Waals surface area contributed by atoms with Gasteiger partial charge in [-0.15, -0.1) is 0 Å². The van der Waals surface area contributed by atoms with Crippen LogP contribution in [0.2, 0.25) is 0 Å². The highest BCUT2D eigenvalue weighted by atomic mass is 32.1. The minimum atomic E-state index is -0.815. The zero-order chi connectivity index (χ0) is 28.7. The number of esters is 1. The molecule has 3 aromatic carbocycles. The Labute approximate surface area is 238 Å². The van der Waals surface area contributed by atoms with Crippen LogP contribution in [0.5, 0.6) is 5.75 Å². The summed E-state index contributed by atoms with van der Waals surface area (Å²) in [6, 6.07) is 20.6. The molecule has 1 N–H and O–H groups in total. The van der Waals surface area contributed by atoms with E-state index >= 15 is 0 Å². The van der Waals surface area contributed by atoms with Gasteiger partial charge in [-0.25, -0.2) is 14.2 Å². The number of allylic oxidation sites excluding steroid dienone is 1. The lowest BCUT2D eigenvalue weighted by Gasteiger charge is -2.24. The summed E-state index contributed by atoms with van der Waals surface area (Å²) in [5.41, 5.74) is 4.41. The Morgan fingerprint density at radius 1 is 1.10 bits per heavy atom. The molecule has 1 aliphatic heterocycles. The van der Waals surface area contributed by atoms with Gasteiger partial charge in [-0.1, -0.05) is 65.9 Å². The highest BCUT2D eigenvalue weighted by molar-refractivity contribution is 7.07.